The van der Waals surface area contributed by atoms with Crippen molar-refractivity contribution in [3.05, 3.63) is 60.2 Å². The first-order valence-corrected chi connectivity index (χ1v) is 7.53. The van der Waals surface area contributed by atoms with Gasteiger partial charge in [-0.2, -0.15) is 0 Å². The zero-order valence-corrected chi connectivity index (χ0v) is 12.7. The van der Waals surface area contributed by atoms with Crippen LogP contribution in [0.15, 0.2) is 54.6 Å². The molecule has 2 aromatic carbocycles. The summed E-state index contributed by atoms with van der Waals surface area (Å²) in [4.78, 5) is 2.42. The molecular formula is C18H24N2O. The van der Waals surface area contributed by atoms with Gasteiger partial charge >= 0.3 is 0 Å². The molecule has 0 unspecified atom stereocenters. The molecule has 3 nitrogen and oxygen atoms in total. The molecule has 0 aliphatic carbocycles. The van der Waals surface area contributed by atoms with Crippen LogP contribution in [0.3, 0.4) is 0 Å². The number of nitrogens with zero attached hydrogens (tertiary/aromatic N) is 1. The van der Waals surface area contributed by atoms with E-state index in [1.807, 2.05) is 24.3 Å². The minimum atomic E-state index is 0.694. The number of rotatable bonds is 8. The first-order valence-electron chi connectivity index (χ1n) is 7.53. The third-order valence-electron chi connectivity index (χ3n) is 3.49. The summed E-state index contributed by atoms with van der Waals surface area (Å²) in [6, 6.07) is 18.2. The second kappa shape index (κ2) is 8.32. The van der Waals surface area contributed by atoms with Gasteiger partial charge in [0.25, 0.3) is 0 Å². The fourth-order valence-electron chi connectivity index (χ4n) is 2.27. The lowest BCUT2D eigenvalue weighted by Crippen LogP contribution is -2.25. The molecular weight excluding hydrogens is 260 g/mol. The molecule has 0 aliphatic heterocycles. The minimum absolute atomic E-state index is 0.694. The molecule has 0 saturated heterocycles. The van der Waals surface area contributed by atoms with Gasteiger partial charge in [-0.1, -0.05) is 49.4 Å². The Morgan fingerprint density at radius 2 is 1.71 bits per heavy atom. The standard InChI is InChI=1S/C18H24N2O/c1-2-20(15-16-9-4-3-5-10-16)13-8-14-21-18-12-7-6-11-17(18)19/h3-7,9-12H,2,8,13-15,19H2,1H3. The SMILES string of the molecule is CCN(CCCOc1ccccc1N)Cc1ccccc1. The van der Waals surface area contributed by atoms with Crippen LogP contribution in [-0.2, 0) is 6.54 Å². The Bertz CT molecular complexity index is 528. The second-order valence-electron chi connectivity index (χ2n) is 5.09. The molecule has 0 saturated carbocycles. The van der Waals surface area contributed by atoms with E-state index in [0.717, 1.165) is 31.8 Å². The lowest BCUT2D eigenvalue weighted by molar-refractivity contribution is 0.236. The van der Waals surface area contributed by atoms with Crippen molar-refractivity contribution in [2.24, 2.45) is 0 Å². The van der Waals surface area contributed by atoms with Crippen LogP contribution in [0.1, 0.15) is 18.9 Å². The predicted molar refractivity (Wildman–Crippen MR) is 88.4 cm³/mol. The van der Waals surface area contributed by atoms with Crippen molar-refractivity contribution in [3.8, 4) is 5.75 Å². The summed E-state index contributed by atoms with van der Waals surface area (Å²) < 4.78 is 5.73. The summed E-state index contributed by atoms with van der Waals surface area (Å²) in [5.41, 5.74) is 7.91. The van der Waals surface area contributed by atoms with Crippen LogP contribution >= 0.6 is 0 Å². The number of hydrogen-bond donors (Lipinski definition) is 1. The zero-order valence-electron chi connectivity index (χ0n) is 12.7. The molecule has 2 aromatic rings. The van der Waals surface area contributed by atoms with Gasteiger partial charge in [0.1, 0.15) is 5.75 Å². The molecule has 112 valence electrons. The summed E-state index contributed by atoms with van der Waals surface area (Å²) in [7, 11) is 0. The summed E-state index contributed by atoms with van der Waals surface area (Å²) in [6.07, 6.45) is 0.995. The highest BCUT2D eigenvalue weighted by molar-refractivity contribution is 5.51. The number of benzene rings is 2. The smallest absolute Gasteiger partial charge is 0.142 e. The number of nitrogens with two attached hydrogens (primary N) is 1. The van der Waals surface area contributed by atoms with Crippen molar-refractivity contribution < 1.29 is 4.74 Å². The average molecular weight is 284 g/mol. The molecule has 0 fully saturated rings. The van der Waals surface area contributed by atoms with Gasteiger partial charge in [0, 0.05) is 13.1 Å². The van der Waals surface area contributed by atoms with Gasteiger partial charge in [0.15, 0.2) is 0 Å². The Morgan fingerprint density at radius 3 is 2.43 bits per heavy atom. The minimum Gasteiger partial charge on any atom is -0.491 e. The average Bonchev–Trinajstić information content (AvgIpc) is 2.53. The fourth-order valence-corrected chi connectivity index (χ4v) is 2.27. The number of hydrogen-bond acceptors (Lipinski definition) is 3. The maximum atomic E-state index is 5.86. The van der Waals surface area contributed by atoms with Crippen molar-refractivity contribution in [2.75, 3.05) is 25.4 Å². The van der Waals surface area contributed by atoms with Crippen molar-refractivity contribution in [1.82, 2.24) is 4.90 Å². The zero-order chi connectivity index (χ0) is 14.9. The van der Waals surface area contributed by atoms with Gasteiger partial charge in [-0.25, -0.2) is 0 Å². The van der Waals surface area contributed by atoms with E-state index in [1.165, 1.54) is 5.56 Å². The lowest BCUT2D eigenvalue weighted by atomic mass is 10.2. The van der Waals surface area contributed by atoms with E-state index in [4.69, 9.17) is 10.5 Å². The van der Waals surface area contributed by atoms with Crippen molar-refractivity contribution in [2.45, 2.75) is 19.9 Å². The molecule has 0 radical (unpaired) electrons. The van der Waals surface area contributed by atoms with Gasteiger partial charge < -0.3 is 10.5 Å². The van der Waals surface area contributed by atoms with Crippen LogP contribution in [0, 0.1) is 0 Å². The molecule has 3 heteroatoms. The molecule has 0 atom stereocenters. The Hall–Kier alpha value is -2.00. The molecule has 0 aromatic heterocycles. The van der Waals surface area contributed by atoms with Crippen molar-refractivity contribution in [3.63, 3.8) is 0 Å². The predicted octanol–water partition coefficient (Wildman–Crippen LogP) is 3.56. The van der Waals surface area contributed by atoms with Crippen LogP contribution in [-0.4, -0.2) is 24.6 Å². The van der Waals surface area contributed by atoms with E-state index < -0.39 is 0 Å². The highest BCUT2D eigenvalue weighted by Gasteiger charge is 2.04. The van der Waals surface area contributed by atoms with E-state index in [0.29, 0.717) is 12.3 Å². The highest BCUT2D eigenvalue weighted by atomic mass is 16.5. The molecule has 21 heavy (non-hydrogen) atoms. The van der Waals surface area contributed by atoms with E-state index in [2.05, 4.69) is 42.2 Å². The Balaban J connectivity index is 1.73. The Labute approximate surface area is 127 Å². The molecule has 0 aliphatic rings. The lowest BCUT2D eigenvalue weighted by Gasteiger charge is -2.20. The number of anilines is 1. The van der Waals surface area contributed by atoms with Crippen LogP contribution in [0.25, 0.3) is 0 Å². The Kier molecular flexibility index (Phi) is 6.10. The van der Waals surface area contributed by atoms with E-state index in [9.17, 15) is 0 Å². The first-order chi connectivity index (χ1) is 10.3. The van der Waals surface area contributed by atoms with Crippen LogP contribution in [0.5, 0.6) is 5.75 Å². The van der Waals surface area contributed by atoms with Crippen LogP contribution < -0.4 is 10.5 Å². The molecule has 0 bridgehead atoms. The molecule has 2 rings (SSSR count). The van der Waals surface area contributed by atoms with Gasteiger partial charge in [-0.3, -0.25) is 4.90 Å². The summed E-state index contributed by atoms with van der Waals surface area (Å²) >= 11 is 0. The number of ether oxygens (including phenoxy) is 1. The second-order valence-corrected chi connectivity index (χ2v) is 5.09. The monoisotopic (exact) mass is 284 g/mol. The van der Waals surface area contributed by atoms with Crippen LogP contribution in [0.2, 0.25) is 0 Å². The van der Waals surface area contributed by atoms with Crippen molar-refractivity contribution in [1.29, 1.82) is 0 Å². The van der Waals surface area contributed by atoms with Crippen LogP contribution in [0.4, 0.5) is 5.69 Å². The largest absolute Gasteiger partial charge is 0.491 e. The number of nitrogen functional groups attached to an aromatic ring is 1. The van der Waals surface area contributed by atoms with Crippen molar-refractivity contribution >= 4 is 5.69 Å². The molecule has 0 amide bonds. The van der Waals surface area contributed by atoms with E-state index in [-0.39, 0.29) is 0 Å². The van der Waals surface area contributed by atoms with Gasteiger partial charge in [0.2, 0.25) is 0 Å². The number of para-hydroxylation sites is 2. The van der Waals surface area contributed by atoms with E-state index in [1.54, 1.807) is 0 Å². The molecule has 0 spiro atoms. The fraction of sp³-hybridized carbons (Fsp3) is 0.333. The summed E-state index contributed by atoms with van der Waals surface area (Å²) in [5.74, 6) is 0.781. The van der Waals surface area contributed by atoms with E-state index >= 15 is 0 Å². The van der Waals surface area contributed by atoms with Gasteiger partial charge in [-0.05, 0) is 30.7 Å². The third kappa shape index (κ3) is 5.12. The molecule has 0 heterocycles. The summed E-state index contributed by atoms with van der Waals surface area (Å²) in [5, 5.41) is 0. The third-order valence-corrected chi connectivity index (χ3v) is 3.49. The highest BCUT2D eigenvalue weighted by Crippen LogP contribution is 2.19. The molecule has 2 N–H and O–H groups in total. The van der Waals surface area contributed by atoms with Gasteiger partial charge in [-0.15, -0.1) is 0 Å². The topological polar surface area (TPSA) is 38.5 Å². The normalized spacial score (nSPS) is 10.8. The maximum Gasteiger partial charge on any atom is 0.142 e. The Morgan fingerprint density at radius 1 is 1.00 bits per heavy atom. The maximum absolute atomic E-state index is 5.86. The van der Waals surface area contributed by atoms with Gasteiger partial charge in [0.05, 0.1) is 12.3 Å². The quantitative estimate of drug-likeness (QED) is 0.595. The first kappa shape index (κ1) is 15.4. The summed E-state index contributed by atoms with van der Waals surface area (Å²) in [6.45, 7) is 5.95.